The molecule has 0 heterocycles. The van der Waals surface area contributed by atoms with Crippen LogP contribution in [0.1, 0.15) is 19.3 Å². The van der Waals surface area contributed by atoms with E-state index in [2.05, 4.69) is 24.8 Å². The zero-order valence-electron chi connectivity index (χ0n) is 6.06. The average molecular weight is 210 g/mol. The maximum atomic E-state index is 3.66. The van der Waals surface area contributed by atoms with E-state index in [0.717, 1.165) is 19.3 Å². The summed E-state index contributed by atoms with van der Waals surface area (Å²) in [6.45, 7) is 3.66. The topological polar surface area (TPSA) is 0 Å². The third-order valence-corrected chi connectivity index (χ3v) is 1.38. The molecule has 52 valence electrons. The standard InChI is InChI=1S/C9H11.Zr/c1-2-3-6-9-7-4-5-8-9;/h2,4,7H,1,3,5-6H2;/q-1;. The SMILES string of the molecule is C=CCCC1=[C-]CC=C1.[Zr]. The van der Waals surface area contributed by atoms with Crippen LogP contribution in [0.25, 0.3) is 0 Å². The number of hydrogen-bond donors (Lipinski definition) is 0. The monoisotopic (exact) mass is 209 g/mol. The van der Waals surface area contributed by atoms with E-state index in [1.807, 2.05) is 6.08 Å². The molecule has 0 radical (unpaired) electrons. The second kappa shape index (κ2) is 5.86. The van der Waals surface area contributed by atoms with E-state index in [9.17, 15) is 0 Å². The first-order valence-corrected chi connectivity index (χ1v) is 3.30. The minimum absolute atomic E-state index is 0. The zero-order valence-corrected chi connectivity index (χ0v) is 8.52. The van der Waals surface area contributed by atoms with Crippen molar-refractivity contribution in [2.45, 2.75) is 19.3 Å². The number of allylic oxidation sites excluding steroid dienone is 5. The largest absolute Gasteiger partial charge is 0.269 e. The first-order chi connectivity index (χ1) is 4.43. The van der Waals surface area contributed by atoms with Gasteiger partial charge in [-0.1, -0.05) is 12.5 Å². The summed E-state index contributed by atoms with van der Waals surface area (Å²) in [5, 5.41) is 0. The van der Waals surface area contributed by atoms with Crippen molar-refractivity contribution in [3.05, 3.63) is 36.5 Å². The molecule has 0 fully saturated rings. The van der Waals surface area contributed by atoms with Gasteiger partial charge in [-0.25, -0.2) is 11.6 Å². The number of hydrogen-bond acceptors (Lipinski definition) is 0. The second-order valence-electron chi connectivity index (χ2n) is 2.14. The molecular weight excluding hydrogens is 199 g/mol. The van der Waals surface area contributed by atoms with Gasteiger partial charge in [-0.2, -0.15) is 6.08 Å². The summed E-state index contributed by atoms with van der Waals surface area (Å²) in [7, 11) is 0. The predicted molar refractivity (Wildman–Crippen MR) is 39.9 cm³/mol. The van der Waals surface area contributed by atoms with E-state index in [1.165, 1.54) is 5.57 Å². The van der Waals surface area contributed by atoms with Gasteiger partial charge in [0.2, 0.25) is 0 Å². The molecule has 0 unspecified atom stereocenters. The van der Waals surface area contributed by atoms with E-state index in [4.69, 9.17) is 0 Å². The Morgan fingerprint density at radius 2 is 2.50 bits per heavy atom. The first-order valence-electron chi connectivity index (χ1n) is 3.30. The zero-order chi connectivity index (χ0) is 6.53. The minimum Gasteiger partial charge on any atom is -0.269 e. The molecular formula is C9H11Zr-. The van der Waals surface area contributed by atoms with Crippen LogP contribution in [0, 0.1) is 6.08 Å². The fourth-order valence-electron chi connectivity index (χ4n) is 0.879. The summed E-state index contributed by atoms with van der Waals surface area (Å²) >= 11 is 0. The molecule has 0 bridgehead atoms. The summed E-state index contributed by atoms with van der Waals surface area (Å²) in [5.41, 5.74) is 1.34. The summed E-state index contributed by atoms with van der Waals surface area (Å²) in [6, 6.07) is 0. The van der Waals surface area contributed by atoms with E-state index in [1.54, 1.807) is 0 Å². The Kier molecular flexibility index (Phi) is 5.92. The molecule has 0 saturated heterocycles. The van der Waals surface area contributed by atoms with E-state index >= 15 is 0 Å². The van der Waals surface area contributed by atoms with Crippen LogP contribution in [0.2, 0.25) is 0 Å². The number of rotatable bonds is 3. The summed E-state index contributed by atoms with van der Waals surface area (Å²) in [6.07, 6.45) is 12.7. The van der Waals surface area contributed by atoms with Crippen molar-refractivity contribution in [2.24, 2.45) is 0 Å². The van der Waals surface area contributed by atoms with Crippen LogP contribution in [0.4, 0.5) is 0 Å². The maximum Gasteiger partial charge on any atom is 0 e. The van der Waals surface area contributed by atoms with E-state index < -0.39 is 0 Å². The molecule has 0 aromatic carbocycles. The van der Waals surface area contributed by atoms with Crippen molar-refractivity contribution >= 4 is 0 Å². The summed E-state index contributed by atoms with van der Waals surface area (Å²) in [5.74, 6) is 0. The molecule has 1 heteroatoms. The molecule has 0 N–H and O–H groups in total. The van der Waals surface area contributed by atoms with Crippen molar-refractivity contribution < 1.29 is 26.2 Å². The van der Waals surface area contributed by atoms with Gasteiger partial charge in [-0.15, -0.1) is 13.0 Å². The van der Waals surface area contributed by atoms with Crippen molar-refractivity contribution in [1.82, 2.24) is 0 Å². The smallest absolute Gasteiger partial charge is 0 e. The minimum atomic E-state index is 0. The van der Waals surface area contributed by atoms with Crippen LogP contribution < -0.4 is 0 Å². The Morgan fingerprint density at radius 3 is 3.00 bits per heavy atom. The van der Waals surface area contributed by atoms with Gasteiger partial charge in [-0.3, -0.25) is 6.08 Å². The Morgan fingerprint density at radius 1 is 1.70 bits per heavy atom. The predicted octanol–water partition coefficient (Wildman–Crippen LogP) is 2.64. The second-order valence-corrected chi connectivity index (χ2v) is 2.14. The molecule has 1 rings (SSSR count). The van der Waals surface area contributed by atoms with Crippen molar-refractivity contribution in [1.29, 1.82) is 0 Å². The molecule has 0 amide bonds. The third kappa shape index (κ3) is 3.32. The van der Waals surface area contributed by atoms with Crippen LogP contribution in [-0.2, 0) is 26.2 Å². The molecule has 0 nitrogen and oxygen atoms in total. The molecule has 0 aromatic heterocycles. The Bertz CT molecular complexity index is 154. The van der Waals surface area contributed by atoms with Crippen molar-refractivity contribution in [2.75, 3.05) is 0 Å². The quantitative estimate of drug-likeness (QED) is 0.496. The van der Waals surface area contributed by atoms with E-state index in [-0.39, 0.29) is 26.2 Å². The van der Waals surface area contributed by atoms with Gasteiger partial charge in [0.25, 0.3) is 0 Å². The van der Waals surface area contributed by atoms with E-state index in [0.29, 0.717) is 0 Å². The third-order valence-electron chi connectivity index (χ3n) is 1.38. The molecule has 10 heavy (non-hydrogen) atoms. The van der Waals surface area contributed by atoms with Crippen LogP contribution >= 0.6 is 0 Å². The fourth-order valence-corrected chi connectivity index (χ4v) is 0.879. The van der Waals surface area contributed by atoms with Crippen LogP contribution in [-0.4, -0.2) is 0 Å². The molecule has 1 aliphatic rings. The Balaban J connectivity index is 0.000000810. The van der Waals surface area contributed by atoms with Gasteiger partial charge < -0.3 is 0 Å². The molecule has 0 aliphatic heterocycles. The summed E-state index contributed by atoms with van der Waals surface area (Å²) < 4.78 is 0. The van der Waals surface area contributed by atoms with Gasteiger partial charge >= 0.3 is 0 Å². The van der Waals surface area contributed by atoms with Gasteiger partial charge in [0.15, 0.2) is 0 Å². The molecule has 0 saturated carbocycles. The van der Waals surface area contributed by atoms with Gasteiger partial charge in [-0.05, 0) is 6.42 Å². The van der Waals surface area contributed by atoms with Crippen LogP contribution in [0.5, 0.6) is 0 Å². The summed E-state index contributed by atoms with van der Waals surface area (Å²) in [4.78, 5) is 0. The van der Waals surface area contributed by atoms with Crippen LogP contribution in [0.3, 0.4) is 0 Å². The Hall–Kier alpha value is 0.103. The van der Waals surface area contributed by atoms with Gasteiger partial charge in [0.05, 0.1) is 0 Å². The first kappa shape index (κ1) is 10.1. The van der Waals surface area contributed by atoms with Crippen molar-refractivity contribution in [3.63, 3.8) is 0 Å². The average Bonchev–Trinajstić information content (AvgIpc) is 2.34. The normalized spacial score (nSPS) is 14.2. The molecule has 0 atom stereocenters. The van der Waals surface area contributed by atoms with Crippen LogP contribution in [0.15, 0.2) is 30.4 Å². The van der Waals surface area contributed by atoms with Crippen molar-refractivity contribution in [3.8, 4) is 0 Å². The molecule has 1 aliphatic carbocycles. The maximum absolute atomic E-state index is 3.66. The molecule has 0 spiro atoms. The van der Waals surface area contributed by atoms with Gasteiger partial charge in [0, 0.05) is 26.2 Å². The Labute approximate surface area is 81.8 Å². The molecule has 0 aromatic rings. The fraction of sp³-hybridized carbons (Fsp3) is 0.333. The van der Waals surface area contributed by atoms with Gasteiger partial charge in [0.1, 0.15) is 0 Å².